The van der Waals surface area contributed by atoms with Crippen LogP contribution in [0.5, 0.6) is 0 Å². The first-order chi connectivity index (χ1) is 7.22. The van der Waals surface area contributed by atoms with Gasteiger partial charge in [0.15, 0.2) is 0 Å². The fourth-order valence-electron chi connectivity index (χ4n) is 4.23. The highest BCUT2D eigenvalue weighted by atomic mass is 32.2. The fourth-order valence-corrected chi connectivity index (χ4v) is 6.36. The molecule has 0 aromatic carbocycles. The van der Waals surface area contributed by atoms with E-state index in [0.717, 1.165) is 0 Å². The summed E-state index contributed by atoms with van der Waals surface area (Å²) >= 11 is 2.18. The van der Waals surface area contributed by atoms with E-state index in [4.69, 9.17) is 0 Å². The highest BCUT2D eigenvalue weighted by molar-refractivity contribution is 8.00. The van der Waals surface area contributed by atoms with Crippen molar-refractivity contribution >= 4 is 11.8 Å². The van der Waals surface area contributed by atoms with Crippen LogP contribution in [0.2, 0.25) is 0 Å². The molecule has 0 bridgehead atoms. The van der Waals surface area contributed by atoms with Crippen molar-refractivity contribution in [3.05, 3.63) is 0 Å². The molecule has 1 saturated carbocycles. The van der Waals surface area contributed by atoms with Crippen molar-refractivity contribution in [1.29, 1.82) is 0 Å². The molecule has 2 aliphatic rings. The van der Waals surface area contributed by atoms with E-state index in [-0.39, 0.29) is 0 Å². The molecular formula is C14H27NS. The Kier molecular flexibility index (Phi) is 3.12. The van der Waals surface area contributed by atoms with Crippen molar-refractivity contribution in [2.45, 2.75) is 71.2 Å². The second-order valence-electron chi connectivity index (χ2n) is 7.54. The summed E-state index contributed by atoms with van der Waals surface area (Å²) in [5.41, 5.74) is 0.970. The summed E-state index contributed by atoms with van der Waals surface area (Å²) in [5.74, 6) is 1.33. The summed E-state index contributed by atoms with van der Waals surface area (Å²) in [6.07, 6.45) is 5.35. The van der Waals surface area contributed by atoms with E-state index in [2.05, 4.69) is 51.7 Å². The lowest BCUT2D eigenvalue weighted by Gasteiger charge is -2.54. The molecule has 1 saturated heterocycles. The maximum atomic E-state index is 3.91. The predicted molar refractivity (Wildman–Crippen MR) is 73.8 cm³/mol. The molecule has 1 aliphatic heterocycles. The Labute approximate surface area is 105 Å². The van der Waals surface area contributed by atoms with Crippen LogP contribution in [0.3, 0.4) is 0 Å². The third-order valence-corrected chi connectivity index (χ3v) is 5.32. The molecule has 1 unspecified atom stereocenters. The van der Waals surface area contributed by atoms with Crippen molar-refractivity contribution < 1.29 is 0 Å². The Morgan fingerprint density at radius 2 is 1.56 bits per heavy atom. The predicted octanol–water partition coefficient (Wildman–Crippen LogP) is 4.03. The van der Waals surface area contributed by atoms with Gasteiger partial charge in [0.05, 0.1) is 4.87 Å². The molecule has 0 aromatic rings. The van der Waals surface area contributed by atoms with Gasteiger partial charge in [-0.25, -0.2) is 0 Å². The van der Waals surface area contributed by atoms with Gasteiger partial charge in [0, 0.05) is 6.04 Å². The molecule has 0 aromatic heterocycles. The molecular weight excluding hydrogens is 214 g/mol. The number of rotatable bonds is 0. The van der Waals surface area contributed by atoms with E-state index >= 15 is 0 Å². The standard InChI is InChI=1S/C14H27NS/c1-11-6-7-16-14(15-11)9-12(2,3)8-13(4,5)10-14/h11,15H,6-10H2,1-5H3. The van der Waals surface area contributed by atoms with Gasteiger partial charge in [-0.1, -0.05) is 27.7 Å². The SMILES string of the molecule is CC1CCSC2(CC(C)(C)CC(C)(C)C2)N1. The maximum absolute atomic E-state index is 3.91. The number of hydrogen-bond donors (Lipinski definition) is 1. The van der Waals surface area contributed by atoms with Gasteiger partial charge >= 0.3 is 0 Å². The summed E-state index contributed by atoms with van der Waals surface area (Å²) in [6, 6.07) is 0.700. The summed E-state index contributed by atoms with van der Waals surface area (Å²) in [4.78, 5) is 0.364. The Morgan fingerprint density at radius 1 is 1.00 bits per heavy atom. The van der Waals surface area contributed by atoms with Gasteiger partial charge in [-0.3, -0.25) is 0 Å². The molecule has 2 fully saturated rings. The van der Waals surface area contributed by atoms with E-state index in [1.54, 1.807) is 0 Å². The molecule has 1 spiro atoms. The van der Waals surface area contributed by atoms with Crippen LogP contribution in [0.1, 0.15) is 60.3 Å². The Bertz CT molecular complexity index is 254. The van der Waals surface area contributed by atoms with Crippen LogP contribution in [-0.2, 0) is 0 Å². The van der Waals surface area contributed by atoms with E-state index in [1.165, 1.54) is 31.4 Å². The highest BCUT2D eigenvalue weighted by Gasteiger charge is 2.48. The number of hydrogen-bond acceptors (Lipinski definition) is 2. The van der Waals surface area contributed by atoms with Crippen molar-refractivity contribution in [3.63, 3.8) is 0 Å². The van der Waals surface area contributed by atoms with Crippen LogP contribution < -0.4 is 5.32 Å². The Morgan fingerprint density at radius 3 is 2.06 bits per heavy atom. The third-order valence-electron chi connectivity index (χ3n) is 3.92. The first kappa shape index (κ1) is 12.8. The van der Waals surface area contributed by atoms with Crippen molar-refractivity contribution in [2.24, 2.45) is 10.8 Å². The van der Waals surface area contributed by atoms with Crippen LogP contribution in [-0.4, -0.2) is 16.7 Å². The average Bonchev–Trinajstić information content (AvgIpc) is 1.94. The van der Waals surface area contributed by atoms with E-state index < -0.39 is 0 Å². The quantitative estimate of drug-likeness (QED) is 0.687. The van der Waals surface area contributed by atoms with Crippen LogP contribution in [0.15, 0.2) is 0 Å². The van der Waals surface area contributed by atoms with Gasteiger partial charge < -0.3 is 5.32 Å². The first-order valence-electron chi connectivity index (χ1n) is 6.64. The van der Waals surface area contributed by atoms with Gasteiger partial charge in [0.2, 0.25) is 0 Å². The van der Waals surface area contributed by atoms with E-state index in [1.807, 2.05) is 0 Å². The molecule has 16 heavy (non-hydrogen) atoms. The van der Waals surface area contributed by atoms with Gasteiger partial charge in [-0.05, 0) is 49.2 Å². The second kappa shape index (κ2) is 3.91. The second-order valence-corrected chi connectivity index (χ2v) is 9.01. The van der Waals surface area contributed by atoms with Gasteiger partial charge in [0.1, 0.15) is 0 Å². The highest BCUT2D eigenvalue weighted by Crippen LogP contribution is 2.55. The van der Waals surface area contributed by atoms with Gasteiger partial charge in [-0.2, -0.15) is 0 Å². The zero-order chi connectivity index (χ0) is 12.0. The Hall–Kier alpha value is 0.310. The average molecular weight is 241 g/mol. The zero-order valence-electron chi connectivity index (χ0n) is 11.5. The van der Waals surface area contributed by atoms with E-state index in [9.17, 15) is 0 Å². The topological polar surface area (TPSA) is 12.0 Å². The summed E-state index contributed by atoms with van der Waals surface area (Å²) < 4.78 is 0. The Balaban J connectivity index is 2.20. The van der Waals surface area contributed by atoms with Crippen molar-refractivity contribution in [3.8, 4) is 0 Å². The summed E-state index contributed by atoms with van der Waals surface area (Å²) in [7, 11) is 0. The molecule has 2 rings (SSSR count). The van der Waals surface area contributed by atoms with Crippen molar-refractivity contribution in [2.75, 3.05) is 5.75 Å². The normalized spacial score (nSPS) is 36.2. The van der Waals surface area contributed by atoms with E-state index in [0.29, 0.717) is 21.7 Å². The largest absolute Gasteiger partial charge is 0.300 e. The van der Waals surface area contributed by atoms with Gasteiger partial charge in [0.25, 0.3) is 0 Å². The third kappa shape index (κ3) is 2.76. The molecule has 1 aliphatic carbocycles. The molecule has 2 heteroatoms. The summed E-state index contributed by atoms with van der Waals surface area (Å²) in [5, 5.41) is 3.91. The van der Waals surface area contributed by atoms with Crippen molar-refractivity contribution in [1.82, 2.24) is 5.32 Å². The minimum atomic E-state index is 0.364. The maximum Gasteiger partial charge on any atom is 0.0657 e. The van der Waals surface area contributed by atoms with Crippen LogP contribution in [0.4, 0.5) is 0 Å². The zero-order valence-corrected chi connectivity index (χ0v) is 12.3. The lowest BCUT2D eigenvalue weighted by atomic mass is 9.63. The molecule has 0 radical (unpaired) electrons. The monoisotopic (exact) mass is 241 g/mol. The molecule has 1 N–H and O–H groups in total. The minimum Gasteiger partial charge on any atom is -0.300 e. The molecule has 94 valence electrons. The fraction of sp³-hybridized carbons (Fsp3) is 1.00. The smallest absolute Gasteiger partial charge is 0.0657 e. The van der Waals surface area contributed by atoms with Crippen LogP contribution >= 0.6 is 11.8 Å². The number of nitrogens with one attached hydrogen (secondary N) is 1. The van der Waals surface area contributed by atoms with Crippen LogP contribution in [0.25, 0.3) is 0 Å². The van der Waals surface area contributed by atoms with Gasteiger partial charge in [-0.15, -0.1) is 11.8 Å². The number of thioether (sulfide) groups is 1. The molecule has 1 nitrogen and oxygen atoms in total. The lowest BCUT2D eigenvalue weighted by Crippen LogP contribution is -2.57. The molecule has 1 atom stereocenters. The van der Waals surface area contributed by atoms with Crippen LogP contribution in [0, 0.1) is 10.8 Å². The summed E-state index contributed by atoms with van der Waals surface area (Å²) in [6.45, 7) is 12.1. The minimum absolute atomic E-state index is 0.364. The first-order valence-corrected chi connectivity index (χ1v) is 7.62. The molecule has 1 heterocycles. The molecule has 0 amide bonds. The lowest BCUT2D eigenvalue weighted by molar-refractivity contribution is 0.0643.